The third kappa shape index (κ3) is 5.17. The second-order valence-corrected chi connectivity index (χ2v) is 14.7. The molecule has 0 aliphatic rings. The lowest BCUT2D eigenvalue weighted by molar-refractivity contribution is 0.668. The van der Waals surface area contributed by atoms with Gasteiger partial charge in [-0.2, -0.15) is 4.80 Å². The molecule has 12 rings (SSSR count). The highest BCUT2D eigenvalue weighted by Gasteiger charge is 2.19. The van der Waals surface area contributed by atoms with Gasteiger partial charge in [-0.15, -0.1) is 10.2 Å². The zero-order chi connectivity index (χ0) is 37.5. The SMILES string of the molecule is c1ccc(-c2cc(-c3cc(-c4ccc5nn(-c6ccc7ccccc7c6)nc5c4)cc(-c4cccc5oc6ccccc6c45)c3)c3c(c2)oc2ccccc23)cc1. The van der Waals surface area contributed by atoms with E-state index < -0.39 is 0 Å². The van der Waals surface area contributed by atoms with E-state index in [9.17, 15) is 0 Å². The van der Waals surface area contributed by atoms with Crippen LogP contribution in [0.25, 0.3) is 116 Å². The first-order chi connectivity index (χ1) is 28.2. The maximum absolute atomic E-state index is 6.58. The monoisotopic (exact) mass is 729 g/mol. The topological polar surface area (TPSA) is 57.0 Å². The predicted octanol–water partition coefficient (Wildman–Crippen LogP) is 14.0. The van der Waals surface area contributed by atoms with Gasteiger partial charge in [-0.1, -0.05) is 115 Å². The van der Waals surface area contributed by atoms with Crippen LogP contribution in [0.15, 0.2) is 197 Å². The quantitative estimate of drug-likeness (QED) is 0.177. The van der Waals surface area contributed by atoms with Gasteiger partial charge < -0.3 is 8.83 Å². The van der Waals surface area contributed by atoms with E-state index in [1.165, 1.54) is 5.39 Å². The number of hydrogen-bond donors (Lipinski definition) is 0. The van der Waals surface area contributed by atoms with Crippen LogP contribution in [0.5, 0.6) is 0 Å². The summed E-state index contributed by atoms with van der Waals surface area (Å²) in [5, 5.41) is 16.6. The van der Waals surface area contributed by atoms with Crippen molar-refractivity contribution in [1.82, 2.24) is 15.0 Å². The second kappa shape index (κ2) is 12.4. The van der Waals surface area contributed by atoms with Gasteiger partial charge in [0.2, 0.25) is 0 Å². The van der Waals surface area contributed by atoms with Crippen molar-refractivity contribution in [2.24, 2.45) is 0 Å². The molecule has 3 aromatic heterocycles. The fourth-order valence-electron chi connectivity index (χ4n) is 8.51. The van der Waals surface area contributed by atoms with E-state index in [2.05, 4.69) is 164 Å². The zero-order valence-electron chi connectivity index (χ0n) is 30.6. The molecule has 0 saturated heterocycles. The molecule has 5 nitrogen and oxygen atoms in total. The standard InChI is InChI=1S/C52H31N3O2/c1-2-11-32(12-3-1)37-29-44(52-43-16-7-9-19-48(43)57-50(52)31-37)39-26-36(25-38(27-39)41-17-10-20-49-51(41)42-15-6-8-18-47(42)56-49)35-22-24-45-46(30-35)54-55(53-45)40-23-21-33-13-4-5-14-34(33)28-40/h1-31H. The molecule has 9 aromatic carbocycles. The van der Waals surface area contributed by atoms with Crippen LogP contribution in [-0.4, -0.2) is 15.0 Å². The normalized spacial score (nSPS) is 11.9. The molecule has 0 fully saturated rings. The van der Waals surface area contributed by atoms with Gasteiger partial charge in [0, 0.05) is 21.5 Å². The summed E-state index contributed by atoms with van der Waals surface area (Å²) < 4.78 is 13.0. The molecule has 0 aliphatic carbocycles. The molecule has 57 heavy (non-hydrogen) atoms. The van der Waals surface area contributed by atoms with Crippen molar-refractivity contribution in [3.05, 3.63) is 188 Å². The molecule has 0 spiro atoms. The Morgan fingerprint density at radius 1 is 0.333 bits per heavy atom. The Morgan fingerprint density at radius 3 is 1.79 bits per heavy atom. The van der Waals surface area contributed by atoms with Crippen LogP contribution in [0, 0.1) is 0 Å². The lowest BCUT2D eigenvalue weighted by Gasteiger charge is -2.14. The third-order valence-electron chi connectivity index (χ3n) is 11.2. The number of nitrogens with zero attached hydrogens (tertiary/aromatic N) is 3. The van der Waals surface area contributed by atoms with Crippen LogP contribution >= 0.6 is 0 Å². The third-order valence-corrected chi connectivity index (χ3v) is 11.2. The van der Waals surface area contributed by atoms with Crippen LogP contribution in [0.1, 0.15) is 0 Å². The van der Waals surface area contributed by atoms with E-state index >= 15 is 0 Å². The predicted molar refractivity (Wildman–Crippen MR) is 233 cm³/mol. The summed E-state index contributed by atoms with van der Waals surface area (Å²) in [6.45, 7) is 0. The first-order valence-electron chi connectivity index (χ1n) is 19.1. The minimum atomic E-state index is 0.824. The summed E-state index contributed by atoms with van der Waals surface area (Å²) >= 11 is 0. The van der Waals surface area contributed by atoms with Crippen LogP contribution in [0.2, 0.25) is 0 Å². The molecule has 0 unspecified atom stereocenters. The van der Waals surface area contributed by atoms with E-state index in [-0.39, 0.29) is 0 Å². The summed E-state index contributed by atoms with van der Waals surface area (Å²) in [6, 6.07) is 65.9. The van der Waals surface area contributed by atoms with Crippen molar-refractivity contribution >= 4 is 65.7 Å². The fourth-order valence-corrected chi connectivity index (χ4v) is 8.51. The molecule has 3 heterocycles. The molecule has 0 atom stereocenters. The van der Waals surface area contributed by atoms with Crippen molar-refractivity contribution < 1.29 is 8.83 Å². The molecule has 0 aliphatic heterocycles. The van der Waals surface area contributed by atoms with E-state index in [1.54, 1.807) is 4.80 Å². The summed E-state index contributed by atoms with van der Waals surface area (Å²) in [5.41, 5.74) is 14.8. The summed E-state index contributed by atoms with van der Waals surface area (Å²) in [6.07, 6.45) is 0. The van der Waals surface area contributed by atoms with Crippen molar-refractivity contribution in [3.8, 4) is 50.2 Å². The molecule has 266 valence electrons. The van der Waals surface area contributed by atoms with E-state index in [0.717, 1.165) is 110 Å². The molecule has 0 radical (unpaired) electrons. The van der Waals surface area contributed by atoms with Crippen LogP contribution in [-0.2, 0) is 0 Å². The number of hydrogen-bond acceptors (Lipinski definition) is 4. The van der Waals surface area contributed by atoms with Gasteiger partial charge in [-0.3, -0.25) is 0 Å². The van der Waals surface area contributed by atoms with Crippen molar-refractivity contribution in [3.63, 3.8) is 0 Å². The Hall–Kier alpha value is -7.76. The molecular formula is C52H31N3O2. The minimum Gasteiger partial charge on any atom is -0.456 e. The Bertz CT molecular complexity index is 3540. The van der Waals surface area contributed by atoms with Gasteiger partial charge in [-0.25, -0.2) is 0 Å². The van der Waals surface area contributed by atoms with Crippen molar-refractivity contribution in [2.75, 3.05) is 0 Å². The molecule has 12 aromatic rings. The average molecular weight is 730 g/mol. The van der Waals surface area contributed by atoms with Gasteiger partial charge in [0.1, 0.15) is 33.4 Å². The number of rotatable bonds is 5. The van der Waals surface area contributed by atoms with E-state index in [4.69, 9.17) is 19.0 Å². The highest BCUT2D eigenvalue weighted by Crippen LogP contribution is 2.44. The molecule has 0 N–H and O–H groups in total. The van der Waals surface area contributed by atoms with Crippen LogP contribution in [0.4, 0.5) is 0 Å². The molecular weight excluding hydrogens is 699 g/mol. The fraction of sp³-hybridized carbons (Fsp3) is 0. The number of furan rings is 2. The average Bonchev–Trinajstić information content (AvgIpc) is 3.99. The first-order valence-corrected chi connectivity index (χ1v) is 19.1. The first kappa shape index (κ1) is 31.6. The molecule has 0 bridgehead atoms. The maximum Gasteiger partial charge on any atom is 0.136 e. The van der Waals surface area contributed by atoms with Gasteiger partial charge in [0.05, 0.1) is 5.69 Å². The molecule has 0 amide bonds. The lowest BCUT2D eigenvalue weighted by atomic mass is 9.89. The molecule has 5 heteroatoms. The van der Waals surface area contributed by atoms with Crippen molar-refractivity contribution in [2.45, 2.75) is 0 Å². The zero-order valence-corrected chi connectivity index (χ0v) is 30.6. The Morgan fingerprint density at radius 2 is 0.965 bits per heavy atom. The number of aromatic nitrogens is 3. The Kier molecular flexibility index (Phi) is 6.86. The number of fused-ring (bicyclic) bond motifs is 8. The van der Waals surface area contributed by atoms with Crippen LogP contribution in [0.3, 0.4) is 0 Å². The second-order valence-electron chi connectivity index (χ2n) is 14.7. The molecule has 0 saturated carbocycles. The highest BCUT2D eigenvalue weighted by molar-refractivity contribution is 6.15. The van der Waals surface area contributed by atoms with Crippen molar-refractivity contribution in [1.29, 1.82) is 0 Å². The van der Waals surface area contributed by atoms with Gasteiger partial charge in [-0.05, 0) is 128 Å². The van der Waals surface area contributed by atoms with Crippen LogP contribution < -0.4 is 0 Å². The largest absolute Gasteiger partial charge is 0.456 e. The summed E-state index contributed by atoms with van der Waals surface area (Å²) in [4.78, 5) is 1.74. The lowest BCUT2D eigenvalue weighted by Crippen LogP contribution is -1.97. The minimum absolute atomic E-state index is 0.824. The summed E-state index contributed by atoms with van der Waals surface area (Å²) in [5.74, 6) is 0. The Labute approximate surface area is 326 Å². The van der Waals surface area contributed by atoms with Gasteiger partial charge >= 0.3 is 0 Å². The van der Waals surface area contributed by atoms with Gasteiger partial charge in [0.15, 0.2) is 0 Å². The van der Waals surface area contributed by atoms with E-state index in [1.807, 2.05) is 24.3 Å². The Balaban J connectivity index is 1.10. The highest BCUT2D eigenvalue weighted by atomic mass is 16.3. The number of benzene rings is 9. The maximum atomic E-state index is 6.58. The number of para-hydroxylation sites is 2. The van der Waals surface area contributed by atoms with Gasteiger partial charge in [0.25, 0.3) is 0 Å². The summed E-state index contributed by atoms with van der Waals surface area (Å²) in [7, 11) is 0. The van der Waals surface area contributed by atoms with E-state index in [0.29, 0.717) is 0 Å². The smallest absolute Gasteiger partial charge is 0.136 e.